The number of aromatic nitrogens is 2. The fraction of sp³-hybridized carbons (Fsp3) is 0.692. The number of nitrogens with one attached hydrogen (secondary N) is 1. The van der Waals surface area contributed by atoms with E-state index in [1.165, 1.54) is 49.2 Å². The van der Waals surface area contributed by atoms with Gasteiger partial charge in [0.1, 0.15) is 5.82 Å². The van der Waals surface area contributed by atoms with Gasteiger partial charge in [-0.15, -0.1) is 0 Å². The lowest BCUT2D eigenvalue weighted by Gasteiger charge is -2.13. The lowest BCUT2D eigenvalue weighted by Crippen LogP contribution is -2.25. The van der Waals surface area contributed by atoms with Crippen LogP contribution in [0.2, 0.25) is 0 Å². The van der Waals surface area contributed by atoms with E-state index >= 15 is 0 Å². The summed E-state index contributed by atoms with van der Waals surface area (Å²) in [6.45, 7) is 3.20. The Balaban J connectivity index is 1.87. The van der Waals surface area contributed by atoms with Crippen LogP contribution in [0.25, 0.3) is 0 Å². The molecular weight excluding hydrogens is 198 g/mol. The minimum Gasteiger partial charge on any atom is -0.314 e. The molecule has 1 aliphatic carbocycles. The van der Waals surface area contributed by atoms with Gasteiger partial charge in [0.25, 0.3) is 0 Å². The molecule has 0 amide bonds. The van der Waals surface area contributed by atoms with Crippen molar-refractivity contribution < 1.29 is 0 Å². The van der Waals surface area contributed by atoms with Crippen LogP contribution in [0.4, 0.5) is 0 Å². The van der Waals surface area contributed by atoms with Crippen molar-refractivity contribution in [1.82, 2.24) is 15.3 Å². The SMILES string of the molecule is Cc1nc2c(c(CC3CCCN3)n1)CCC2. The Labute approximate surface area is 96.7 Å². The Morgan fingerprint density at radius 3 is 3.00 bits per heavy atom. The molecule has 1 aromatic rings. The predicted octanol–water partition coefficient (Wildman–Crippen LogP) is 1.57. The van der Waals surface area contributed by atoms with Crippen LogP contribution in [-0.4, -0.2) is 22.6 Å². The molecule has 1 saturated heterocycles. The maximum atomic E-state index is 4.66. The van der Waals surface area contributed by atoms with Crippen molar-refractivity contribution in [3.8, 4) is 0 Å². The third kappa shape index (κ3) is 1.84. The van der Waals surface area contributed by atoms with E-state index in [1.54, 1.807) is 0 Å². The molecule has 2 heterocycles. The molecule has 16 heavy (non-hydrogen) atoms. The molecule has 1 N–H and O–H groups in total. The molecule has 86 valence electrons. The summed E-state index contributed by atoms with van der Waals surface area (Å²) in [5.41, 5.74) is 4.10. The Morgan fingerprint density at radius 1 is 1.25 bits per heavy atom. The smallest absolute Gasteiger partial charge is 0.125 e. The van der Waals surface area contributed by atoms with Gasteiger partial charge in [0, 0.05) is 23.9 Å². The summed E-state index contributed by atoms with van der Waals surface area (Å²) in [5, 5.41) is 3.56. The number of fused-ring (bicyclic) bond motifs is 1. The predicted molar refractivity (Wildman–Crippen MR) is 63.5 cm³/mol. The summed E-state index contributed by atoms with van der Waals surface area (Å²) in [5.74, 6) is 0.952. The second kappa shape index (κ2) is 4.13. The van der Waals surface area contributed by atoms with E-state index in [0.29, 0.717) is 6.04 Å². The van der Waals surface area contributed by atoms with Gasteiger partial charge < -0.3 is 5.32 Å². The third-order valence-electron chi connectivity index (χ3n) is 3.73. The second-order valence-electron chi connectivity index (χ2n) is 4.99. The van der Waals surface area contributed by atoms with Gasteiger partial charge >= 0.3 is 0 Å². The average molecular weight is 217 g/mol. The first-order chi connectivity index (χ1) is 7.83. The summed E-state index contributed by atoms with van der Waals surface area (Å²) >= 11 is 0. The molecular formula is C13H19N3. The molecule has 0 saturated carbocycles. The molecule has 0 spiro atoms. The average Bonchev–Trinajstić information content (AvgIpc) is 2.87. The van der Waals surface area contributed by atoms with Crippen LogP contribution in [0.3, 0.4) is 0 Å². The van der Waals surface area contributed by atoms with Crippen LogP contribution in [0, 0.1) is 6.92 Å². The van der Waals surface area contributed by atoms with Crippen LogP contribution in [0.15, 0.2) is 0 Å². The molecule has 1 unspecified atom stereocenters. The fourth-order valence-corrected chi connectivity index (χ4v) is 2.98. The molecule has 0 aromatic carbocycles. The van der Waals surface area contributed by atoms with Crippen LogP contribution >= 0.6 is 0 Å². The van der Waals surface area contributed by atoms with E-state index in [9.17, 15) is 0 Å². The Bertz CT molecular complexity index is 394. The highest BCUT2D eigenvalue weighted by Crippen LogP contribution is 2.24. The molecule has 3 rings (SSSR count). The standard InChI is InChI=1S/C13H19N3/c1-9-15-12-6-2-5-11(12)13(16-9)8-10-4-3-7-14-10/h10,14H,2-8H2,1H3. The molecule has 1 aromatic heterocycles. The van der Waals surface area contributed by atoms with Crippen LogP contribution in [0.1, 0.15) is 42.0 Å². The van der Waals surface area contributed by atoms with Crippen LogP contribution in [-0.2, 0) is 19.3 Å². The summed E-state index contributed by atoms with van der Waals surface area (Å²) < 4.78 is 0. The van der Waals surface area contributed by atoms with Gasteiger partial charge in [0.2, 0.25) is 0 Å². The Kier molecular flexibility index (Phi) is 2.64. The molecule has 3 nitrogen and oxygen atoms in total. The van der Waals surface area contributed by atoms with Crippen LogP contribution < -0.4 is 5.32 Å². The van der Waals surface area contributed by atoms with E-state index in [0.717, 1.165) is 18.7 Å². The van der Waals surface area contributed by atoms with Crippen molar-refractivity contribution in [3.05, 3.63) is 22.8 Å². The minimum absolute atomic E-state index is 0.652. The van der Waals surface area contributed by atoms with Gasteiger partial charge in [-0.25, -0.2) is 9.97 Å². The summed E-state index contributed by atoms with van der Waals surface area (Å²) in [6.07, 6.45) is 7.33. The van der Waals surface area contributed by atoms with Gasteiger partial charge in [-0.2, -0.15) is 0 Å². The van der Waals surface area contributed by atoms with Crippen molar-refractivity contribution in [2.24, 2.45) is 0 Å². The second-order valence-corrected chi connectivity index (χ2v) is 4.99. The lowest BCUT2D eigenvalue weighted by molar-refractivity contribution is 0.590. The van der Waals surface area contributed by atoms with E-state index in [1.807, 2.05) is 6.92 Å². The maximum Gasteiger partial charge on any atom is 0.125 e. The number of hydrogen-bond donors (Lipinski definition) is 1. The molecule has 1 aliphatic heterocycles. The van der Waals surface area contributed by atoms with Gasteiger partial charge in [0.15, 0.2) is 0 Å². The zero-order valence-electron chi connectivity index (χ0n) is 9.92. The molecule has 0 radical (unpaired) electrons. The maximum absolute atomic E-state index is 4.66. The van der Waals surface area contributed by atoms with E-state index < -0.39 is 0 Å². The molecule has 3 heteroatoms. The van der Waals surface area contributed by atoms with E-state index in [4.69, 9.17) is 0 Å². The first-order valence-electron chi connectivity index (χ1n) is 6.41. The van der Waals surface area contributed by atoms with Gasteiger partial charge in [0.05, 0.1) is 0 Å². The highest BCUT2D eigenvalue weighted by Gasteiger charge is 2.22. The van der Waals surface area contributed by atoms with Crippen LogP contribution in [0.5, 0.6) is 0 Å². The van der Waals surface area contributed by atoms with Gasteiger partial charge in [-0.3, -0.25) is 0 Å². The van der Waals surface area contributed by atoms with Gasteiger partial charge in [-0.1, -0.05) is 0 Å². The van der Waals surface area contributed by atoms with Crippen molar-refractivity contribution in [2.45, 2.75) is 51.5 Å². The Morgan fingerprint density at radius 2 is 2.19 bits per heavy atom. The summed E-state index contributed by atoms with van der Waals surface area (Å²) in [4.78, 5) is 9.21. The largest absolute Gasteiger partial charge is 0.314 e. The van der Waals surface area contributed by atoms with Crippen molar-refractivity contribution in [2.75, 3.05) is 6.54 Å². The van der Waals surface area contributed by atoms with E-state index in [2.05, 4.69) is 15.3 Å². The van der Waals surface area contributed by atoms with Crippen molar-refractivity contribution in [1.29, 1.82) is 0 Å². The fourth-order valence-electron chi connectivity index (χ4n) is 2.98. The molecule has 2 aliphatic rings. The lowest BCUT2D eigenvalue weighted by atomic mass is 10.0. The molecule has 0 bridgehead atoms. The number of aryl methyl sites for hydroxylation is 2. The highest BCUT2D eigenvalue weighted by molar-refractivity contribution is 5.30. The quantitative estimate of drug-likeness (QED) is 0.817. The zero-order valence-corrected chi connectivity index (χ0v) is 9.92. The highest BCUT2D eigenvalue weighted by atomic mass is 15.0. The van der Waals surface area contributed by atoms with Gasteiger partial charge in [-0.05, 0) is 51.1 Å². The topological polar surface area (TPSA) is 37.8 Å². The normalized spacial score (nSPS) is 23.7. The molecule has 1 fully saturated rings. The third-order valence-corrected chi connectivity index (χ3v) is 3.73. The summed E-state index contributed by atoms with van der Waals surface area (Å²) in [6, 6.07) is 0.652. The number of nitrogens with zero attached hydrogens (tertiary/aromatic N) is 2. The molecule has 1 atom stereocenters. The first kappa shape index (κ1) is 10.2. The number of rotatable bonds is 2. The van der Waals surface area contributed by atoms with E-state index in [-0.39, 0.29) is 0 Å². The van der Waals surface area contributed by atoms with Crippen molar-refractivity contribution in [3.63, 3.8) is 0 Å². The summed E-state index contributed by atoms with van der Waals surface area (Å²) in [7, 11) is 0. The minimum atomic E-state index is 0.652. The van der Waals surface area contributed by atoms with Crippen molar-refractivity contribution >= 4 is 0 Å². The zero-order chi connectivity index (χ0) is 11.0. The first-order valence-corrected chi connectivity index (χ1v) is 6.41. The number of hydrogen-bond acceptors (Lipinski definition) is 3. The monoisotopic (exact) mass is 217 g/mol. The Hall–Kier alpha value is -0.960.